The van der Waals surface area contributed by atoms with Gasteiger partial charge in [0, 0.05) is 0 Å². The first kappa shape index (κ1) is 12.7. The van der Waals surface area contributed by atoms with Crippen molar-refractivity contribution in [3.63, 3.8) is 0 Å². The van der Waals surface area contributed by atoms with Gasteiger partial charge in [0.2, 0.25) is 5.91 Å². The van der Waals surface area contributed by atoms with Gasteiger partial charge in [0.15, 0.2) is 4.67 Å². The minimum absolute atomic E-state index is 0.0707. The van der Waals surface area contributed by atoms with E-state index in [0.29, 0.717) is 11.2 Å². The Bertz CT molecular complexity index is 391. The Morgan fingerprint density at radius 1 is 1.56 bits per heavy atom. The summed E-state index contributed by atoms with van der Waals surface area (Å²) in [6, 6.07) is 2.72. The minimum Gasteiger partial charge on any atom is -0.453 e. The highest BCUT2D eigenvalue weighted by Gasteiger charge is 2.10. The molecule has 3 amide bonds. The van der Waals surface area contributed by atoms with E-state index in [2.05, 4.69) is 15.9 Å². The first-order chi connectivity index (χ1) is 7.47. The van der Waals surface area contributed by atoms with E-state index in [9.17, 15) is 9.59 Å². The molecule has 0 saturated heterocycles. The largest absolute Gasteiger partial charge is 0.453 e. The molecule has 0 radical (unpaired) electrons. The molecule has 0 bridgehead atoms. The van der Waals surface area contributed by atoms with Gasteiger partial charge >= 0.3 is 6.03 Å². The molecule has 7 heteroatoms. The van der Waals surface area contributed by atoms with E-state index in [0.717, 1.165) is 5.76 Å². The van der Waals surface area contributed by atoms with Crippen molar-refractivity contribution in [1.82, 2.24) is 10.2 Å². The summed E-state index contributed by atoms with van der Waals surface area (Å²) in [5.74, 6) is 0.280. The molecule has 0 fully saturated rings. The van der Waals surface area contributed by atoms with Crippen molar-refractivity contribution in [3.8, 4) is 0 Å². The van der Waals surface area contributed by atoms with Crippen LogP contribution in [0.1, 0.15) is 5.76 Å². The number of rotatable bonds is 4. The number of furan rings is 1. The number of halogens is 1. The number of primary amides is 1. The normalized spacial score (nSPS) is 10.4. The fourth-order valence-electron chi connectivity index (χ4n) is 1.18. The van der Waals surface area contributed by atoms with Crippen LogP contribution in [0.2, 0.25) is 0 Å². The second kappa shape index (κ2) is 5.66. The third kappa shape index (κ3) is 4.45. The van der Waals surface area contributed by atoms with Crippen LogP contribution in [-0.2, 0) is 11.3 Å². The van der Waals surface area contributed by atoms with Gasteiger partial charge in [-0.05, 0) is 35.1 Å². The Hall–Kier alpha value is -1.34. The minimum atomic E-state index is -0.848. The van der Waals surface area contributed by atoms with Crippen LogP contribution in [0.25, 0.3) is 0 Å². The molecule has 1 aromatic rings. The maximum absolute atomic E-state index is 11.2. The summed E-state index contributed by atoms with van der Waals surface area (Å²) in [6.07, 6.45) is 0. The summed E-state index contributed by atoms with van der Waals surface area (Å²) in [5.41, 5.74) is 4.81. The third-order valence-electron chi connectivity index (χ3n) is 1.73. The van der Waals surface area contributed by atoms with Crippen LogP contribution >= 0.6 is 15.9 Å². The topological polar surface area (TPSA) is 88.6 Å². The molecule has 16 heavy (non-hydrogen) atoms. The van der Waals surface area contributed by atoms with Crippen molar-refractivity contribution in [1.29, 1.82) is 0 Å². The van der Waals surface area contributed by atoms with Gasteiger partial charge in [-0.25, -0.2) is 4.79 Å². The SMILES string of the molecule is CN(CC(=O)NC(N)=O)Cc1ccc(Br)o1. The number of hydrogen-bond acceptors (Lipinski definition) is 4. The van der Waals surface area contributed by atoms with Gasteiger partial charge in [-0.3, -0.25) is 15.0 Å². The standard InChI is InChI=1S/C9H12BrN3O3/c1-13(5-8(14)12-9(11)15)4-6-2-3-7(10)16-6/h2-3H,4-5H2,1H3,(H3,11,12,14,15). The number of carbonyl (C=O) groups is 2. The number of amides is 3. The molecular formula is C9H12BrN3O3. The van der Waals surface area contributed by atoms with Crippen LogP contribution in [0.4, 0.5) is 4.79 Å². The van der Waals surface area contributed by atoms with Crippen molar-refractivity contribution in [2.75, 3.05) is 13.6 Å². The predicted octanol–water partition coefficient (Wildman–Crippen LogP) is 0.669. The van der Waals surface area contributed by atoms with Crippen LogP contribution < -0.4 is 11.1 Å². The second-order valence-electron chi connectivity index (χ2n) is 3.29. The Balaban J connectivity index is 2.38. The molecule has 0 unspecified atom stereocenters. The molecule has 0 aliphatic rings. The van der Waals surface area contributed by atoms with Gasteiger partial charge in [0.05, 0.1) is 13.1 Å². The average Bonchev–Trinajstić information content (AvgIpc) is 2.48. The number of urea groups is 1. The molecular weight excluding hydrogens is 278 g/mol. The Morgan fingerprint density at radius 3 is 2.75 bits per heavy atom. The number of imide groups is 1. The number of likely N-dealkylation sites (N-methyl/N-ethyl adjacent to an activating group) is 1. The van der Waals surface area contributed by atoms with Crippen molar-refractivity contribution < 1.29 is 14.0 Å². The summed E-state index contributed by atoms with van der Waals surface area (Å²) in [7, 11) is 1.73. The second-order valence-corrected chi connectivity index (χ2v) is 4.07. The lowest BCUT2D eigenvalue weighted by Gasteiger charge is -2.13. The zero-order valence-corrected chi connectivity index (χ0v) is 10.3. The number of carbonyl (C=O) groups excluding carboxylic acids is 2. The maximum atomic E-state index is 11.2. The Morgan fingerprint density at radius 2 is 2.25 bits per heavy atom. The fourth-order valence-corrected chi connectivity index (χ4v) is 1.52. The first-order valence-electron chi connectivity index (χ1n) is 4.49. The zero-order chi connectivity index (χ0) is 12.1. The molecule has 1 heterocycles. The fraction of sp³-hybridized carbons (Fsp3) is 0.333. The van der Waals surface area contributed by atoms with Gasteiger partial charge in [0.1, 0.15) is 5.76 Å². The molecule has 0 atom stereocenters. The molecule has 6 nitrogen and oxygen atoms in total. The van der Waals surface area contributed by atoms with Gasteiger partial charge in [-0.1, -0.05) is 0 Å². The van der Waals surface area contributed by atoms with E-state index in [4.69, 9.17) is 10.2 Å². The highest BCUT2D eigenvalue weighted by Crippen LogP contribution is 2.14. The van der Waals surface area contributed by atoms with Gasteiger partial charge in [-0.2, -0.15) is 0 Å². The van der Waals surface area contributed by atoms with Crippen molar-refractivity contribution >= 4 is 27.9 Å². The summed E-state index contributed by atoms with van der Waals surface area (Å²) >= 11 is 3.18. The number of nitrogens with one attached hydrogen (secondary N) is 1. The molecule has 0 aliphatic carbocycles. The Kier molecular flexibility index (Phi) is 4.51. The van der Waals surface area contributed by atoms with Crippen molar-refractivity contribution in [2.45, 2.75) is 6.54 Å². The summed E-state index contributed by atoms with van der Waals surface area (Å²) < 4.78 is 5.91. The summed E-state index contributed by atoms with van der Waals surface area (Å²) in [4.78, 5) is 23.3. The van der Waals surface area contributed by atoms with Crippen molar-refractivity contribution in [2.24, 2.45) is 5.73 Å². The highest BCUT2D eigenvalue weighted by atomic mass is 79.9. The van der Waals surface area contributed by atoms with E-state index in [1.165, 1.54) is 0 Å². The van der Waals surface area contributed by atoms with E-state index >= 15 is 0 Å². The van der Waals surface area contributed by atoms with Crippen LogP contribution in [0.5, 0.6) is 0 Å². The van der Waals surface area contributed by atoms with Crippen LogP contribution in [0.3, 0.4) is 0 Å². The smallest absolute Gasteiger partial charge is 0.318 e. The van der Waals surface area contributed by atoms with E-state index in [-0.39, 0.29) is 6.54 Å². The lowest BCUT2D eigenvalue weighted by Crippen LogP contribution is -2.40. The highest BCUT2D eigenvalue weighted by molar-refractivity contribution is 9.10. The van der Waals surface area contributed by atoms with E-state index in [1.54, 1.807) is 24.1 Å². The maximum Gasteiger partial charge on any atom is 0.318 e. The molecule has 88 valence electrons. The lowest BCUT2D eigenvalue weighted by atomic mass is 10.4. The molecule has 0 spiro atoms. The van der Waals surface area contributed by atoms with Gasteiger partial charge in [-0.15, -0.1) is 0 Å². The van der Waals surface area contributed by atoms with Crippen molar-refractivity contribution in [3.05, 3.63) is 22.6 Å². The average molecular weight is 290 g/mol. The molecule has 0 aromatic carbocycles. The number of nitrogens with zero attached hydrogens (tertiary/aromatic N) is 1. The molecule has 3 N–H and O–H groups in total. The summed E-state index contributed by atoms with van der Waals surface area (Å²) in [6.45, 7) is 0.541. The predicted molar refractivity (Wildman–Crippen MR) is 60.5 cm³/mol. The lowest BCUT2D eigenvalue weighted by molar-refractivity contribution is -0.120. The molecule has 1 aromatic heterocycles. The van der Waals surface area contributed by atoms with Crippen LogP contribution in [0.15, 0.2) is 21.2 Å². The van der Waals surface area contributed by atoms with E-state index < -0.39 is 11.9 Å². The Labute approximate surface area is 101 Å². The van der Waals surface area contributed by atoms with Crippen LogP contribution in [-0.4, -0.2) is 30.4 Å². The molecule has 0 saturated carbocycles. The summed E-state index contributed by atoms with van der Waals surface area (Å²) in [5, 5.41) is 1.98. The first-order valence-corrected chi connectivity index (χ1v) is 5.28. The number of hydrogen-bond donors (Lipinski definition) is 2. The number of nitrogens with two attached hydrogens (primary N) is 1. The van der Waals surface area contributed by atoms with Crippen LogP contribution in [0, 0.1) is 0 Å². The van der Waals surface area contributed by atoms with E-state index in [1.807, 2.05) is 5.32 Å². The van der Waals surface area contributed by atoms with Gasteiger partial charge < -0.3 is 10.2 Å². The van der Waals surface area contributed by atoms with Gasteiger partial charge in [0.25, 0.3) is 0 Å². The quantitative estimate of drug-likeness (QED) is 0.853. The zero-order valence-electron chi connectivity index (χ0n) is 8.70. The molecule has 0 aliphatic heterocycles. The monoisotopic (exact) mass is 289 g/mol. The third-order valence-corrected chi connectivity index (χ3v) is 2.16. The molecule has 1 rings (SSSR count).